The van der Waals surface area contributed by atoms with E-state index in [2.05, 4.69) is 39.5 Å². The molecule has 0 saturated carbocycles. The highest BCUT2D eigenvalue weighted by Crippen LogP contribution is 2.22. The topological polar surface area (TPSA) is 76.1 Å². The summed E-state index contributed by atoms with van der Waals surface area (Å²) in [4.78, 5) is 28.3. The number of esters is 2. The number of ether oxygens (including phenoxy) is 2. The first-order chi connectivity index (χ1) is 25.9. The summed E-state index contributed by atoms with van der Waals surface area (Å²) in [5, 5.41) is 9.69. The zero-order chi connectivity index (χ0) is 39.0. The van der Waals surface area contributed by atoms with Crippen molar-refractivity contribution in [2.24, 2.45) is 17.8 Å². The maximum absolute atomic E-state index is 13.0. The minimum absolute atomic E-state index is 0.0425. The highest BCUT2D eigenvalue weighted by atomic mass is 16.5. The molecule has 0 saturated heterocycles. The molecule has 3 atom stereocenters. The standard InChI is InChI=1S/C47H93NO5/c1-6-10-14-18-20-26-35-44(33-24-16-12-8-3)46(50)52-40-30-23-22-29-37-48(38-39-49)42-43(5)32-28-31-41-53-47(51)45(34-25-17-13-9-4)36-27-21-19-15-11-7-2/h43-45,49H,6-42H2,1-5H3/t43-,44?,45?/m1/s1. The Bertz CT molecular complexity index is 776. The molecule has 0 aromatic heterocycles. The molecular weight excluding hydrogens is 659 g/mol. The van der Waals surface area contributed by atoms with E-state index in [4.69, 9.17) is 9.47 Å². The Morgan fingerprint density at radius 2 is 0.792 bits per heavy atom. The SMILES string of the molecule is CCCCCCCCC(CCCCCC)C(=O)OCCCCCCN(CCO)C[C@H](C)CCCCOC(=O)C(CCCCCC)CCCCCCCC. The molecule has 0 rings (SSSR count). The van der Waals surface area contributed by atoms with Crippen molar-refractivity contribution < 1.29 is 24.2 Å². The molecule has 53 heavy (non-hydrogen) atoms. The molecule has 0 bridgehead atoms. The third-order valence-corrected chi connectivity index (χ3v) is 11.2. The predicted octanol–water partition coefficient (Wildman–Crippen LogP) is 13.4. The number of carbonyl (C=O) groups is 2. The monoisotopic (exact) mass is 752 g/mol. The van der Waals surface area contributed by atoms with Crippen LogP contribution < -0.4 is 0 Å². The Kier molecular flexibility index (Phi) is 39.6. The van der Waals surface area contributed by atoms with Crippen molar-refractivity contribution in [3.63, 3.8) is 0 Å². The number of carbonyl (C=O) groups excluding carboxylic acids is 2. The third-order valence-electron chi connectivity index (χ3n) is 11.2. The molecule has 0 heterocycles. The molecule has 0 aromatic carbocycles. The number of aliphatic hydroxyl groups excluding tert-OH is 1. The van der Waals surface area contributed by atoms with Gasteiger partial charge in [-0.25, -0.2) is 0 Å². The van der Waals surface area contributed by atoms with Crippen molar-refractivity contribution in [3.05, 3.63) is 0 Å². The van der Waals surface area contributed by atoms with Crippen molar-refractivity contribution in [2.75, 3.05) is 39.5 Å². The van der Waals surface area contributed by atoms with Gasteiger partial charge in [-0.15, -0.1) is 0 Å². The lowest BCUT2D eigenvalue weighted by atomic mass is 9.94. The van der Waals surface area contributed by atoms with E-state index in [1.54, 1.807) is 0 Å². The summed E-state index contributed by atoms with van der Waals surface area (Å²) in [7, 11) is 0. The molecule has 0 aromatic rings. The molecule has 0 aliphatic heterocycles. The van der Waals surface area contributed by atoms with Crippen LogP contribution in [0.1, 0.15) is 234 Å². The molecule has 1 N–H and O–H groups in total. The van der Waals surface area contributed by atoms with Crippen molar-refractivity contribution in [2.45, 2.75) is 234 Å². The van der Waals surface area contributed by atoms with Gasteiger partial charge in [0.2, 0.25) is 0 Å². The van der Waals surface area contributed by atoms with Gasteiger partial charge < -0.3 is 19.5 Å². The molecule has 0 amide bonds. The summed E-state index contributed by atoms with van der Waals surface area (Å²) in [6.45, 7) is 15.3. The first-order valence-corrected chi connectivity index (χ1v) is 23.6. The summed E-state index contributed by atoms with van der Waals surface area (Å²) in [6, 6.07) is 0. The highest BCUT2D eigenvalue weighted by molar-refractivity contribution is 5.72. The van der Waals surface area contributed by atoms with Crippen molar-refractivity contribution in [3.8, 4) is 0 Å². The van der Waals surface area contributed by atoms with Gasteiger partial charge in [-0.2, -0.15) is 0 Å². The van der Waals surface area contributed by atoms with Gasteiger partial charge in [0.1, 0.15) is 0 Å². The third kappa shape index (κ3) is 33.9. The fourth-order valence-corrected chi connectivity index (χ4v) is 7.67. The normalized spacial score (nSPS) is 13.3. The Morgan fingerprint density at radius 1 is 0.453 bits per heavy atom. The van der Waals surface area contributed by atoms with Crippen LogP contribution in [-0.2, 0) is 19.1 Å². The summed E-state index contributed by atoms with van der Waals surface area (Å²) < 4.78 is 11.6. The average molecular weight is 752 g/mol. The largest absolute Gasteiger partial charge is 0.465 e. The molecule has 316 valence electrons. The second kappa shape index (κ2) is 40.5. The van der Waals surface area contributed by atoms with E-state index >= 15 is 0 Å². The smallest absolute Gasteiger partial charge is 0.308 e. The first kappa shape index (κ1) is 51.9. The maximum Gasteiger partial charge on any atom is 0.308 e. The first-order valence-electron chi connectivity index (χ1n) is 23.6. The predicted molar refractivity (Wildman–Crippen MR) is 227 cm³/mol. The summed E-state index contributed by atoms with van der Waals surface area (Å²) in [5.74, 6) is 0.792. The second-order valence-electron chi connectivity index (χ2n) is 16.6. The number of hydrogen-bond donors (Lipinski definition) is 1. The van der Waals surface area contributed by atoms with Crippen molar-refractivity contribution in [1.82, 2.24) is 4.90 Å². The second-order valence-corrected chi connectivity index (χ2v) is 16.6. The minimum Gasteiger partial charge on any atom is -0.465 e. The lowest BCUT2D eigenvalue weighted by molar-refractivity contribution is -0.150. The molecule has 0 aliphatic carbocycles. The van der Waals surface area contributed by atoms with E-state index in [1.165, 1.54) is 103 Å². The van der Waals surface area contributed by atoms with E-state index in [0.717, 1.165) is 116 Å². The fraction of sp³-hybridized carbons (Fsp3) is 0.957. The molecule has 6 nitrogen and oxygen atoms in total. The molecule has 6 heteroatoms. The average Bonchev–Trinajstić information content (AvgIpc) is 3.15. The van der Waals surface area contributed by atoms with Gasteiger partial charge in [0.15, 0.2) is 0 Å². The number of unbranched alkanes of at least 4 members (excludes halogenated alkanes) is 20. The minimum atomic E-state index is 0.0425. The Balaban J connectivity index is 4.32. The van der Waals surface area contributed by atoms with Crippen LogP contribution in [0.4, 0.5) is 0 Å². The van der Waals surface area contributed by atoms with Crippen LogP contribution >= 0.6 is 0 Å². The number of hydrogen-bond acceptors (Lipinski definition) is 6. The number of nitrogens with zero attached hydrogens (tertiary/aromatic N) is 1. The molecule has 0 radical (unpaired) electrons. The van der Waals surface area contributed by atoms with Crippen LogP contribution in [0.15, 0.2) is 0 Å². The highest BCUT2D eigenvalue weighted by Gasteiger charge is 2.20. The summed E-state index contributed by atoms with van der Waals surface area (Å²) in [6.07, 6.45) is 36.1. The van der Waals surface area contributed by atoms with Crippen LogP contribution in [-0.4, -0.2) is 61.4 Å². The lowest BCUT2D eigenvalue weighted by Crippen LogP contribution is -2.32. The van der Waals surface area contributed by atoms with Crippen LogP contribution in [0.3, 0.4) is 0 Å². The molecule has 0 fully saturated rings. The van der Waals surface area contributed by atoms with Gasteiger partial charge in [0.05, 0.1) is 31.7 Å². The number of aliphatic hydroxyl groups is 1. The molecule has 0 aliphatic rings. The Hall–Kier alpha value is -1.14. The fourth-order valence-electron chi connectivity index (χ4n) is 7.67. The Morgan fingerprint density at radius 3 is 1.23 bits per heavy atom. The van der Waals surface area contributed by atoms with Crippen LogP contribution in [0.2, 0.25) is 0 Å². The maximum atomic E-state index is 13.0. The van der Waals surface area contributed by atoms with Gasteiger partial charge in [-0.1, -0.05) is 176 Å². The van der Waals surface area contributed by atoms with Crippen LogP contribution in [0.5, 0.6) is 0 Å². The van der Waals surface area contributed by atoms with Gasteiger partial charge in [0.25, 0.3) is 0 Å². The van der Waals surface area contributed by atoms with Gasteiger partial charge in [-0.3, -0.25) is 9.59 Å². The van der Waals surface area contributed by atoms with E-state index in [9.17, 15) is 14.7 Å². The molecule has 0 spiro atoms. The number of rotatable bonds is 42. The Labute approximate surface area is 331 Å². The van der Waals surface area contributed by atoms with Gasteiger partial charge >= 0.3 is 11.9 Å². The van der Waals surface area contributed by atoms with E-state index in [0.29, 0.717) is 19.1 Å². The van der Waals surface area contributed by atoms with Crippen molar-refractivity contribution in [1.29, 1.82) is 0 Å². The zero-order valence-electron chi connectivity index (χ0n) is 36.4. The van der Waals surface area contributed by atoms with E-state index < -0.39 is 0 Å². The molecular formula is C47H93NO5. The van der Waals surface area contributed by atoms with E-state index in [-0.39, 0.29) is 30.4 Å². The lowest BCUT2D eigenvalue weighted by Gasteiger charge is -2.25. The van der Waals surface area contributed by atoms with Crippen LogP contribution in [0, 0.1) is 17.8 Å². The van der Waals surface area contributed by atoms with Gasteiger partial charge in [-0.05, 0) is 70.3 Å². The zero-order valence-corrected chi connectivity index (χ0v) is 36.4. The molecule has 2 unspecified atom stereocenters. The van der Waals surface area contributed by atoms with E-state index in [1.807, 2.05) is 0 Å². The van der Waals surface area contributed by atoms with Crippen molar-refractivity contribution >= 4 is 11.9 Å². The van der Waals surface area contributed by atoms with Gasteiger partial charge in [0, 0.05) is 13.1 Å². The quantitative estimate of drug-likeness (QED) is 0.0494. The van der Waals surface area contributed by atoms with Crippen LogP contribution in [0.25, 0.3) is 0 Å². The summed E-state index contributed by atoms with van der Waals surface area (Å²) in [5.41, 5.74) is 0. The summed E-state index contributed by atoms with van der Waals surface area (Å²) >= 11 is 0.